The molecular weight excluding hydrogens is 246 g/mol. The molecule has 1 amide bonds. The van der Waals surface area contributed by atoms with Crippen molar-refractivity contribution in [3.05, 3.63) is 46.2 Å². The van der Waals surface area contributed by atoms with Gasteiger partial charge in [-0.15, -0.1) is 11.3 Å². The molecule has 94 valence electrons. The molecule has 0 unspecified atom stereocenters. The maximum absolute atomic E-state index is 11.7. The molecule has 0 saturated carbocycles. The van der Waals surface area contributed by atoms with Crippen LogP contribution in [-0.4, -0.2) is 22.4 Å². The van der Waals surface area contributed by atoms with Crippen LogP contribution >= 0.6 is 11.3 Å². The van der Waals surface area contributed by atoms with Gasteiger partial charge in [-0.2, -0.15) is 0 Å². The van der Waals surface area contributed by atoms with Crippen molar-refractivity contribution in [1.29, 1.82) is 0 Å². The molecule has 0 aromatic carbocycles. The van der Waals surface area contributed by atoms with Gasteiger partial charge in [-0.3, -0.25) is 9.78 Å². The molecule has 0 atom stereocenters. The molecule has 2 rings (SSSR count). The minimum absolute atomic E-state index is 0.0226. The van der Waals surface area contributed by atoms with E-state index in [0.717, 1.165) is 17.1 Å². The molecule has 0 aliphatic carbocycles. The fraction of sp³-hybridized carbons (Fsp3) is 0.308. The molecule has 0 spiro atoms. The van der Waals surface area contributed by atoms with Gasteiger partial charge in [-0.25, -0.2) is 4.98 Å². The number of hydrogen-bond acceptors (Lipinski definition) is 4. The lowest BCUT2D eigenvalue weighted by atomic mass is 10.2. The predicted octanol–water partition coefficient (Wildman–Crippen LogP) is 1.75. The highest BCUT2D eigenvalue weighted by Crippen LogP contribution is 2.08. The summed E-state index contributed by atoms with van der Waals surface area (Å²) in [5, 5.41) is 5.82. The standard InChI is InChI=1S/C13H15N3OS/c1-10-16-12(9-18-10)8-13(17)15-7-4-11-2-5-14-6-3-11/h2-3,5-6,9H,4,7-8H2,1H3,(H,15,17). The normalized spacial score (nSPS) is 10.3. The van der Waals surface area contributed by atoms with Gasteiger partial charge in [0.05, 0.1) is 17.1 Å². The van der Waals surface area contributed by atoms with Crippen molar-refractivity contribution in [2.45, 2.75) is 19.8 Å². The monoisotopic (exact) mass is 261 g/mol. The van der Waals surface area contributed by atoms with E-state index < -0.39 is 0 Å². The van der Waals surface area contributed by atoms with Gasteiger partial charge in [0, 0.05) is 24.3 Å². The summed E-state index contributed by atoms with van der Waals surface area (Å²) in [5.74, 6) is 0.0226. The first-order valence-electron chi connectivity index (χ1n) is 5.80. The van der Waals surface area contributed by atoms with Gasteiger partial charge < -0.3 is 5.32 Å². The highest BCUT2D eigenvalue weighted by atomic mass is 32.1. The fourth-order valence-electron chi connectivity index (χ4n) is 1.61. The topological polar surface area (TPSA) is 54.9 Å². The molecule has 0 radical (unpaired) electrons. The molecule has 0 aliphatic heterocycles. The zero-order chi connectivity index (χ0) is 12.8. The van der Waals surface area contributed by atoms with Gasteiger partial charge >= 0.3 is 0 Å². The number of aromatic nitrogens is 2. The number of carbonyl (C=O) groups is 1. The molecule has 4 nitrogen and oxygen atoms in total. The SMILES string of the molecule is Cc1nc(CC(=O)NCCc2ccncc2)cs1. The predicted molar refractivity (Wildman–Crippen MR) is 71.5 cm³/mol. The minimum Gasteiger partial charge on any atom is -0.355 e. The third-order valence-corrected chi connectivity index (χ3v) is 3.32. The maximum atomic E-state index is 11.7. The van der Waals surface area contributed by atoms with Crippen molar-refractivity contribution in [3.8, 4) is 0 Å². The van der Waals surface area contributed by atoms with Crippen LogP contribution in [0.1, 0.15) is 16.3 Å². The van der Waals surface area contributed by atoms with Crippen LogP contribution < -0.4 is 5.32 Å². The van der Waals surface area contributed by atoms with E-state index in [2.05, 4.69) is 15.3 Å². The number of aryl methyl sites for hydroxylation is 1. The van der Waals surface area contributed by atoms with E-state index in [1.54, 1.807) is 23.7 Å². The Morgan fingerprint density at radius 3 is 2.83 bits per heavy atom. The largest absolute Gasteiger partial charge is 0.355 e. The van der Waals surface area contributed by atoms with E-state index in [9.17, 15) is 4.79 Å². The maximum Gasteiger partial charge on any atom is 0.226 e. The van der Waals surface area contributed by atoms with Crippen LogP contribution in [0.3, 0.4) is 0 Å². The first-order chi connectivity index (χ1) is 8.74. The Morgan fingerprint density at radius 2 is 2.17 bits per heavy atom. The molecule has 0 saturated heterocycles. The molecule has 2 aromatic rings. The first-order valence-corrected chi connectivity index (χ1v) is 6.68. The molecule has 2 heterocycles. The van der Waals surface area contributed by atoms with E-state index in [1.807, 2.05) is 24.4 Å². The Bertz CT molecular complexity index is 510. The summed E-state index contributed by atoms with van der Waals surface area (Å²) in [7, 11) is 0. The van der Waals surface area contributed by atoms with Crippen molar-refractivity contribution in [2.75, 3.05) is 6.54 Å². The number of carbonyl (C=O) groups excluding carboxylic acids is 1. The van der Waals surface area contributed by atoms with Crippen molar-refractivity contribution in [1.82, 2.24) is 15.3 Å². The third kappa shape index (κ3) is 3.92. The van der Waals surface area contributed by atoms with Crippen LogP contribution in [0.4, 0.5) is 0 Å². The van der Waals surface area contributed by atoms with Crippen LogP contribution in [0.25, 0.3) is 0 Å². The number of nitrogens with zero attached hydrogens (tertiary/aromatic N) is 2. The van der Waals surface area contributed by atoms with Gasteiger partial charge in [0.2, 0.25) is 5.91 Å². The Morgan fingerprint density at radius 1 is 1.39 bits per heavy atom. The second kappa shape index (κ2) is 6.26. The quantitative estimate of drug-likeness (QED) is 0.892. The fourth-order valence-corrected chi connectivity index (χ4v) is 2.22. The van der Waals surface area contributed by atoms with E-state index in [1.165, 1.54) is 5.56 Å². The lowest BCUT2D eigenvalue weighted by molar-refractivity contribution is -0.120. The van der Waals surface area contributed by atoms with Crippen LogP contribution in [0, 0.1) is 6.92 Å². The van der Waals surface area contributed by atoms with Crippen LogP contribution in [-0.2, 0) is 17.6 Å². The zero-order valence-electron chi connectivity index (χ0n) is 10.2. The van der Waals surface area contributed by atoms with Crippen LogP contribution in [0.5, 0.6) is 0 Å². The van der Waals surface area contributed by atoms with Crippen molar-refractivity contribution < 1.29 is 4.79 Å². The first kappa shape index (κ1) is 12.7. The second-order valence-electron chi connectivity index (χ2n) is 3.99. The number of thiazole rings is 1. The molecule has 2 aromatic heterocycles. The number of hydrogen-bond donors (Lipinski definition) is 1. The van der Waals surface area contributed by atoms with Crippen LogP contribution in [0.15, 0.2) is 29.9 Å². The second-order valence-corrected chi connectivity index (χ2v) is 5.05. The zero-order valence-corrected chi connectivity index (χ0v) is 11.0. The summed E-state index contributed by atoms with van der Waals surface area (Å²) in [6.07, 6.45) is 4.70. The molecule has 5 heteroatoms. The molecule has 0 bridgehead atoms. The molecule has 1 N–H and O–H groups in total. The van der Waals surface area contributed by atoms with E-state index >= 15 is 0 Å². The summed E-state index contributed by atoms with van der Waals surface area (Å²) >= 11 is 1.57. The van der Waals surface area contributed by atoms with E-state index in [4.69, 9.17) is 0 Å². The molecular formula is C13H15N3OS. The smallest absolute Gasteiger partial charge is 0.226 e. The third-order valence-electron chi connectivity index (χ3n) is 2.49. The minimum atomic E-state index is 0.0226. The average molecular weight is 261 g/mol. The summed E-state index contributed by atoms with van der Waals surface area (Å²) in [4.78, 5) is 19.9. The van der Waals surface area contributed by atoms with E-state index in [-0.39, 0.29) is 5.91 Å². The Kier molecular flexibility index (Phi) is 4.41. The van der Waals surface area contributed by atoms with Gasteiger partial charge in [0.25, 0.3) is 0 Å². The molecule has 18 heavy (non-hydrogen) atoms. The summed E-state index contributed by atoms with van der Waals surface area (Å²) in [6, 6.07) is 3.91. The molecule has 0 aliphatic rings. The number of rotatable bonds is 5. The van der Waals surface area contributed by atoms with Gasteiger partial charge in [0.1, 0.15) is 0 Å². The summed E-state index contributed by atoms with van der Waals surface area (Å²) < 4.78 is 0. The average Bonchev–Trinajstić information content (AvgIpc) is 2.76. The number of amides is 1. The summed E-state index contributed by atoms with van der Waals surface area (Å²) in [5.41, 5.74) is 2.02. The van der Waals surface area contributed by atoms with Crippen LogP contribution in [0.2, 0.25) is 0 Å². The Hall–Kier alpha value is -1.75. The van der Waals surface area contributed by atoms with Gasteiger partial charge in [-0.1, -0.05) is 0 Å². The lowest BCUT2D eigenvalue weighted by Crippen LogP contribution is -2.27. The Balaban J connectivity index is 1.72. The van der Waals surface area contributed by atoms with E-state index in [0.29, 0.717) is 13.0 Å². The Labute approximate surface area is 110 Å². The van der Waals surface area contributed by atoms with Crippen molar-refractivity contribution in [2.24, 2.45) is 0 Å². The number of pyridine rings is 1. The summed E-state index contributed by atoms with van der Waals surface area (Å²) in [6.45, 7) is 2.58. The highest BCUT2D eigenvalue weighted by Gasteiger charge is 2.05. The van der Waals surface area contributed by atoms with Gasteiger partial charge in [-0.05, 0) is 31.0 Å². The highest BCUT2D eigenvalue weighted by molar-refractivity contribution is 7.09. The van der Waals surface area contributed by atoms with Gasteiger partial charge in [0.15, 0.2) is 0 Å². The van der Waals surface area contributed by atoms with Crippen molar-refractivity contribution >= 4 is 17.2 Å². The lowest BCUT2D eigenvalue weighted by Gasteiger charge is -2.03. The number of nitrogens with one attached hydrogen (secondary N) is 1. The van der Waals surface area contributed by atoms with Crippen molar-refractivity contribution in [3.63, 3.8) is 0 Å². The molecule has 0 fully saturated rings.